The van der Waals surface area contributed by atoms with Gasteiger partial charge in [0.2, 0.25) is 11.8 Å². The Morgan fingerprint density at radius 1 is 1.29 bits per heavy atom. The van der Waals surface area contributed by atoms with Crippen molar-refractivity contribution in [3.63, 3.8) is 0 Å². The van der Waals surface area contributed by atoms with Gasteiger partial charge >= 0.3 is 0 Å². The summed E-state index contributed by atoms with van der Waals surface area (Å²) in [5, 5.41) is 17.7. The van der Waals surface area contributed by atoms with Crippen LogP contribution >= 0.6 is 0 Å². The van der Waals surface area contributed by atoms with E-state index in [-0.39, 0.29) is 31.6 Å². The highest BCUT2D eigenvalue weighted by atomic mass is 16.7. The average molecular weight is 481 g/mol. The lowest BCUT2D eigenvalue weighted by Crippen LogP contribution is -2.47. The van der Waals surface area contributed by atoms with Crippen LogP contribution in [0.1, 0.15) is 28.8 Å². The highest BCUT2D eigenvalue weighted by Gasteiger charge is 2.53. The topological polar surface area (TPSA) is 166 Å². The van der Waals surface area contributed by atoms with Gasteiger partial charge in [0.25, 0.3) is 11.6 Å². The van der Waals surface area contributed by atoms with Crippen LogP contribution in [0.2, 0.25) is 0 Å². The van der Waals surface area contributed by atoms with Gasteiger partial charge in [-0.2, -0.15) is 0 Å². The molecular weight excluding hydrogens is 458 g/mol. The summed E-state index contributed by atoms with van der Waals surface area (Å²) < 4.78 is 5.13. The number of nitrogens with zero attached hydrogens (tertiary/aromatic N) is 3. The van der Waals surface area contributed by atoms with E-state index in [1.807, 2.05) is 0 Å². The Morgan fingerprint density at radius 2 is 2.03 bits per heavy atom. The first-order valence-corrected chi connectivity index (χ1v) is 10.7. The fourth-order valence-electron chi connectivity index (χ4n) is 4.26. The Balaban J connectivity index is 1.58. The molecule has 3 amide bonds. The number of carbonyl (C=O) groups excluding carboxylic acids is 3. The first-order valence-electron chi connectivity index (χ1n) is 10.7. The fourth-order valence-corrected chi connectivity index (χ4v) is 4.26. The molecule has 12 nitrogen and oxygen atoms in total. The number of amides is 3. The molecule has 0 bridgehead atoms. The molecule has 0 aromatic heterocycles. The van der Waals surface area contributed by atoms with Gasteiger partial charge in [0.05, 0.1) is 30.8 Å². The summed E-state index contributed by atoms with van der Waals surface area (Å²) in [6.45, 7) is -0.322. The minimum atomic E-state index is -1.00. The highest BCUT2D eigenvalue weighted by molar-refractivity contribution is 6.03. The molecule has 2 aliphatic rings. The SMILES string of the molecule is COc1ccc(C(=O)N2CC3(CC(c4cccc([N+](=O)[O-])c4)=NO3)CC2C(=O)NCC(N)=O)cc1. The number of primary amides is 1. The summed E-state index contributed by atoms with van der Waals surface area (Å²) in [7, 11) is 1.51. The normalized spacial score (nSPS) is 20.8. The number of hydrogen-bond donors (Lipinski definition) is 2. The van der Waals surface area contributed by atoms with Crippen molar-refractivity contribution in [3.05, 3.63) is 69.8 Å². The Labute approximate surface area is 199 Å². The first-order chi connectivity index (χ1) is 16.7. The van der Waals surface area contributed by atoms with Crippen molar-refractivity contribution in [2.45, 2.75) is 24.5 Å². The number of non-ortho nitro benzene ring substituents is 1. The van der Waals surface area contributed by atoms with Crippen molar-refractivity contribution in [3.8, 4) is 5.75 Å². The average Bonchev–Trinajstić information content (AvgIpc) is 3.46. The van der Waals surface area contributed by atoms with Crippen molar-refractivity contribution >= 4 is 29.1 Å². The summed E-state index contributed by atoms with van der Waals surface area (Å²) in [6, 6.07) is 11.5. The summed E-state index contributed by atoms with van der Waals surface area (Å²) in [6.07, 6.45) is 0.349. The number of carbonyl (C=O) groups is 3. The molecule has 12 heteroatoms. The minimum absolute atomic E-state index is 0.0500. The maximum Gasteiger partial charge on any atom is 0.270 e. The quantitative estimate of drug-likeness (QED) is 0.439. The zero-order chi connectivity index (χ0) is 25.2. The van der Waals surface area contributed by atoms with Crippen LogP contribution in [-0.4, -0.2) is 65.1 Å². The van der Waals surface area contributed by atoms with Crippen LogP contribution in [0.3, 0.4) is 0 Å². The molecule has 1 spiro atoms. The van der Waals surface area contributed by atoms with Gasteiger partial charge in [-0.15, -0.1) is 0 Å². The first kappa shape index (κ1) is 23.7. The molecule has 2 aromatic carbocycles. The lowest BCUT2D eigenvalue weighted by Gasteiger charge is -2.24. The second-order valence-corrected chi connectivity index (χ2v) is 8.36. The third-order valence-electron chi connectivity index (χ3n) is 5.97. The molecule has 0 saturated carbocycles. The van der Waals surface area contributed by atoms with Crippen molar-refractivity contribution < 1.29 is 28.9 Å². The molecular formula is C23H23N5O7. The number of nitrogens with one attached hydrogen (secondary N) is 1. The van der Waals surface area contributed by atoms with Crippen LogP contribution in [0.25, 0.3) is 0 Å². The predicted octanol–water partition coefficient (Wildman–Crippen LogP) is 0.983. The zero-order valence-electron chi connectivity index (χ0n) is 18.8. The van der Waals surface area contributed by atoms with Crippen molar-refractivity contribution in [1.82, 2.24) is 10.2 Å². The van der Waals surface area contributed by atoms with Gasteiger partial charge in [-0.05, 0) is 24.3 Å². The molecule has 2 aromatic rings. The van der Waals surface area contributed by atoms with Gasteiger partial charge < -0.3 is 25.5 Å². The van der Waals surface area contributed by atoms with E-state index < -0.39 is 34.3 Å². The number of oxime groups is 1. The van der Waals surface area contributed by atoms with Gasteiger partial charge in [-0.3, -0.25) is 24.5 Å². The number of nitro benzene ring substituents is 1. The third-order valence-corrected chi connectivity index (χ3v) is 5.97. The summed E-state index contributed by atoms with van der Waals surface area (Å²) in [5.41, 5.74) is 5.39. The number of methoxy groups -OCH3 is 1. The fraction of sp³-hybridized carbons (Fsp3) is 0.304. The van der Waals surface area contributed by atoms with E-state index in [4.69, 9.17) is 15.3 Å². The van der Waals surface area contributed by atoms with Crippen LogP contribution in [-0.2, 0) is 14.4 Å². The molecule has 2 heterocycles. The molecule has 2 unspecified atom stereocenters. The number of nitro groups is 1. The summed E-state index contributed by atoms with van der Waals surface area (Å²) in [5.74, 6) is -1.09. The van der Waals surface area contributed by atoms with Crippen molar-refractivity contribution in [2.75, 3.05) is 20.2 Å². The highest BCUT2D eigenvalue weighted by Crippen LogP contribution is 2.39. The predicted molar refractivity (Wildman–Crippen MR) is 123 cm³/mol. The zero-order valence-corrected chi connectivity index (χ0v) is 18.8. The maximum absolute atomic E-state index is 13.4. The second kappa shape index (κ2) is 9.41. The number of benzene rings is 2. The van der Waals surface area contributed by atoms with E-state index in [1.54, 1.807) is 36.4 Å². The Bertz CT molecular complexity index is 1210. The molecule has 1 fully saturated rings. The van der Waals surface area contributed by atoms with E-state index in [0.29, 0.717) is 22.6 Å². The number of rotatable bonds is 7. The Morgan fingerprint density at radius 3 is 2.69 bits per heavy atom. The second-order valence-electron chi connectivity index (χ2n) is 8.36. The maximum atomic E-state index is 13.4. The third kappa shape index (κ3) is 4.90. The van der Waals surface area contributed by atoms with Crippen molar-refractivity contribution in [2.24, 2.45) is 10.9 Å². The van der Waals surface area contributed by atoms with Gasteiger partial charge in [-0.1, -0.05) is 17.3 Å². The molecule has 2 atom stereocenters. The largest absolute Gasteiger partial charge is 0.497 e. The van der Waals surface area contributed by atoms with Gasteiger partial charge in [0.1, 0.15) is 11.8 Å². The van der Waals surface area contributed by atoms with E-state index in [9.17, 15) is 24.5 Å². The van der Waals surface area contributed by atoms with E-state index in [2.05, 4.69) is 10.5 Å². The molecule has 4 rings (SSSR count). The van der Waals surface area contributed by atoms with Crippen LogP contribution in [0, 0.1) is 10.1 Å². The number of nitrogens with two attached hydrogens (primary N) is 1. The summed E-state index contributed by atoms with van der Waals surface area (Å²) >= 11 is 0. The van der Waals surface area contributed by atoms with Gasteiger partial charge in [0.15, 0.2) is 5.60 Å². The molecule has 182 valence electrons. The van der Waals surface area contributed by atoms with E-state index in [0.717, 1.165) is 0 Å². The Hall–Kier alpha value is -4.48. The van der Waals surface area contributed by atoms with Gasteiger partial charge in [0, 0.05) is 36.1 Å². The minimum Gasteiger partial charge on any atom is -0.497 e. The Kier molecular flexibility index (Phi) is 6.36. The van der Waals surface area contributed by atoms with Crippen LogP contribution in [0.4, 0.5) is 5.69 Å². The van der Waals surface area contributed by atoms with Crippen molar-refractivity contribution in [1.29, 1.82) is 0 Å². The monoisotopic (exact) mass is 481 g/mol. The van der Waals surface area contributed by atoms with Gasteiger partial charge in [-0.25, -0.2) is 0 Å². The standard InChI is InChI=1S/C23H23N5O7/c1-34-17-7-5-14(6-8-17)22(31)27-13-23(11-19(27)21(30)25-12-20(24)29)10-18(26-35-23)15-3-2-4-16(9-15)28(32)33/h2-9,19H,10-13H2,1H3,(H2,24,29)(H,25,30). The lowest BCUT2D eigenvalue weighted by molar-refractivity contribution is -0.384. The lowest BCUT2D eigenvalue weighted by atomic mass is 9.91. The smallest absolute Gasteiger partial charge is 0.270 e. The van der Waals surface area contributed by atoms with E-state index >= 15 is 0 Å². The number of hydrogen-bond acceptors (Lipinski definition) is 8. The molecule has 3 N–H and O–H groups in total. The van der Waals surface area contributed by atoms with Crippen LogP contribution < -0.4 is 15.8 Å². The van der Waals surface area contributed by atoms with E-state index in [1.165, 1.54) is 24.1 Å². The number of likely N-dealkylation sites (tertiary alicyclic amines) is 1. The summed E-state index contributed by atoms with van der Waals surface area (Å²) in [4.78, 5) is 55.2. The van der Waals surface area contributed by atoms with Crippen LogP contribution in [0.5, 0.6) is 5.75 Å². The molecule has 1 saturated heterocycles. The molecule has 35 heavy (non-hydrogen) atoms. The molecule has 0 radical (unpaired) electrons. The number of ether oxygens (including phenoxy) is 1. The van der Waals surface area contributed by atoms with Crippen LogP contribution in [0.15, 0.2) is 53.7 Å². The molecule has 0 aliphatic carbocycles. The molecule has 2 aliphatic heterocycles.